The molecule has 0 radical (unpaired) electrons. The molecule has 5 nitrogen and oxygen atoms in total. The van der Waals surface area contributed by atoms with Gasteiger partial charge in [0.15, 0.2) is 0 Å². The van der Waals surface area contributed by atoms with Crippen LogP contribution in [0.15, 0.2) is 28.7 Å². The van der Waals surface area contributed by atoms with Gasteiger partial charge in [-0.2, -0.15) is 0 Å². The molecule has 0 heterocycles. The van der Waals surface area contributed by atoms with Crippen LogP contribution in [0.5, 0.6) is 0 Å². The van der Waals surface area contributed by atoms with Gasteiger partial charge in [0.2, 0.25) is 0 Å². The monoisotopic (exact) mass is 340 g/mol. The summed E-state index contributed by atoms with van der Waals surface area (Å²) in [5.74, 6) is -0.824. The number of benzene rings is 1. The van der Waals surface area contributed by atoms with E-state index < -0.39 is 11.4 Å². The highest BCUT2D eigenvalue weighted by molar-refractivity contribution is 9.10. The van der Waals surface area contributed by atoms with Crippen molar-refractivity contribution in [2.45, 2.75) is 25.8 Å². The second kappa shape index (κ2) is 6.26. The molecule has 20 heavy (non-hydrogen) atoms. The van der Waals surface area contributed by atoms with Crippen molar-refractivity contribution in [3.63, 3.8) is 0 Å². The fraction of sp³-hybridized carbons (Fsp3) is 0.429. The van der Waals surface area contributed by atoms with Crippen LogP contribution in [0.1, 0.15) is 24.8 Å². The molecule has 0 spiro atoms. The minimum Gasteiger partial charge on any atom is -0.481 e. The van der Waals surface area contributed by atoms with Crippen molar-refractivity contribution in [2.75, 3.05) is 6.54 Å². The Morgan fingerprint density at radius 2 is 1.95 bits per heavy atom. The predicted octanol–water partition coefficient (Wildman–Crippen LogP) is 2.50. The third-order valence-corrected chi connectivity index (χ3v) is 4.52. The van der Waals surface area contributed by atoms with E-state index in [2.05, 4.69) is 26.6 Å². The van der Waals surface area contributed by atoms with E-state index in [-0.39, 0.29) is 12.6 Å². The summed E-state index contributed by atoms with van der Waals surface area (Å²) in [6, 6.07) is 7.28. The average molecular weight is 341 g/mol. The lowest BCUT2D eigenvalue weighted by molar-refractivity contribution is -0.153. The largest absolute Gasteiger partial charge is 0.481 e. The van der Waals surface area contributed by atoms with E-state index in [0.717, 1.165) is 16.5 Å². The number of carbonyl (C=O) groups excluding carboxylic acids is 1. The lowest BCUT2D eigenvalue weighted by atomic mass is 9.69. The summed E-state index contributed by atoms with van der Waals surface area (Å²) in [4.78, 5) is 22.9. The summed E-state index contributed by atoms with van der Waals surface area (Å²) in [6.07, 6.45) is 2.17. The molecule has 1 aliphatic carbocycles. The Balaban J connectivity index is 1.79. The van der Waals surface area contributed by atoms with Crippen LogP contribution in [0, 0.1) is 5.41 Å². The molecule has 1 fully saturated rings. The topological polar surface area (TPSA) is 78.4 Å². The number of hydrogen-bond acceptors (Lipinski definition) is 2. The molecule has 1 aromatic rings. The standard InChI is InChI=1S/C14H17BrN2O3/c15-11-5-2-1-4-10(11)8-16-13(20)17-9-14(12(18)19)6-3-7-14/h1-2,4-5H,3,6-9H2,(H,18,19)(H2,16,17,20). The summed E-state index contributed by atoms with van der Waals surface area (Å²) in [6.45, 7) is 0.581. The van der Waals surface area contributed by atoms with Gasteiger partial charge in [-0.25, -0.2) is 4.79 Å². The maximum atomic E-state index is 11.7. The SMILES string of the molecule is O=C(NCc1ccccc1Br)NCC1(C(=O)O)CCC1. The number of rotatable bonds is 5. The zero-order valence-electron chi connectivity index (χ0n) is 11.0. The number of amides is 2. The summed E-state index contributed by atoms with van der Waals surface area (Å²) in [5, 5.41) is 14.5. The van der Waals surface area contributed by atoms with Gasteiger partial charge in [0.25, 0.3) is 0 Å². The molecule has 1 aromatic carbocycles. The molecular formula is C14H17BrN2O3. The molecule has 0 unspecified atom stereocenters. The number of urea groups is 1. The molecule has 0 atom stereocenters. The van der Waals surface area contributed by atoms with Gasteiger partial charge in [0.1, 0.15) is 0 Å². The number of carboxylic acids is 1. The molecule has 2 amide bonds. The van der Waals surface area contributed by atoms with Crippen molar-refractivity contribution in [3.8, 4) is 0 Å². The van der Waals surface area contributed by atoms with Gasteiger partial charge in [-0.05, 0) is 24.5 Å². The molecular weight excluding hydrogens is 324 g/mol. The van der Waals surface area contributed by atoms with E-state index in [0.29, 0.717) is 19.4 Å². The lowest BCUT2D eigenvalue weighted by Gasteiger charge is -2.37. The first kappa shape index (κ1) is 14.8. The maximum absolute atomic E-state index is 11.7. The number of halogens is 1. The third kappa shape index (κ3) is 3.30. The molecule has 1 saturated carbocycles. The van der Waals surface area contributed by atoms with Gasteiger partial charge in [-0.3, -0.25) is 4.79 Å². The fourth-order valence-corrected chi connectivity index (χ4v) is 2.62. The zero-order valence-corrected chi connectivity index (χ0v) is 12.6. The van der Waals surface area contributed by atoms with Crippen LogP contribution in [0.4, 0.5) is 4.79 Å². The van der Waals surface area contributed by atoms with Gasteiger partial charge < -0.3 is 15.7 Å². The zero-order chi connectivity index (χ0) is 14.6. The first-order valence-corrected chi connectivity index (χ1v) is 7.31. The van der Waals surface area contributed by atoms with E-state index in [9.17, 15) is 9.59 Å². The second-order valence-corrected chi connectivity index (χ2v) is 5.92. The van der Waals surface area contributed by atoms with Crippen molar-refractivity contribution in [3.05, 3.63) is 34.3 Å². The molecule has 3 N–H and O–H groups in total. The van der Waals surface area contributed by atoms with Crippen LogP contribution in [-0.4, -0.2) is 23.7 Å². The lowest BCUT2D eigenvalue weighted by Crippen LogP contribution is -2.49. The molecule has 1 aliphatic rings. The minimum atomic E-state index is -0.824. The Morgan fingerprint density at radius 3 is 2.50 bits per heavy atom. The van der Waals surface area contributed by atoms with E-state index >= 15 is 0 Å². The van der Waals surface area contributed by atoms with Crippen LogP contribution in [0.25, 0.3) is 0 Å². The third-order valence-electron chi connectivity index (χ3n) is 3.75. The number of carbonyl (C=O) groups is 2. The first-order chi connectivity index (χ1) is 9.53. The Hall–Kier alpha value is -1.56. The Morgan fingerprint density at radius 1 is 1.25 bits per heavy atom. The van der Waals surface area contributed by atoms with Gasteiger partial charge in [0.05, 0.1) is 5.41 Å². The molecule has 0 aromatic heterocycles. The molecule has 0 saturated heterocycles. The number of hydrogen-bond donors (Lipinski definition) is 3. The number of nitrogens with one attached hydrogen (secondary N) is 2. The van der Waals surface area contributed by atoms with Crippen LogP contribution < -0.4 is 10.6 Å². The summed E-state index contributed by atoms with van der Waals surface area (Å²) < 4.78 is 0.932. The summed E-state index contributed by atoms with van der Waals surface area (Å²) >= 11 is 3.41. The minimum absolute atomic E-state index is 0.185. The van der Waals surface area contributed by atoms with Gasteiger partial charge in [0, 0.05) is 17.6 Å². The van der Waals surface area contributed by atoms with Crippen molar-refractivity contribution in [2.24, 2.45) is 5.41 Å². The summed E-state index contributed by atoms with van der Waals surface area (Å²) in [5.41, 5.74) is 0.212. The quantitative estimate of drug-likeness (QED) is 0.770. The Labute approximate surface area is 125 Å². The van der Waals surface area contributed by atoms with Gasteiger partial charge in [-0.15, -0.1) is 0 Å². The van der Waals surface area contributed by atoms with Crippen molar-refractivity contribution in [1.29, 1.82) is 0 Å². The van der Waals surface area contributed by atoms with Crippen molar-refractivity contribution in [1.82, 2.24) is 10.6 Å². The Bertz CT molecular complexity index is 515. The normalized spacial score (nSPS) is 16.1. The van der Waals surface area contributed by atoms with E-state index in [1.165, 1.54) is 0 Å². The van der Waals surface area contributed by atoms with Crippen LogP contribution >= 0.6 is 15.9 Å². The molecule has 0 bridgehead atoms. The van der Waals surface area contributed by atoms with Crippen LogP contribution in [-0.2, 0) is 11.3 Å². The van der Waals surface area contributed by atoms with Gasteiger partial charge in [-0.1, -0.05) is 40.5 Å². The molecule has 6 heteroatoms. The second-order valence-electron chi connectivity index (χ2n) is 5.07. The Kier molecular flexibility index (Phi) is 4.65. The summed E-state index contributed by atoms with van der Waals surface area (Å²) in [7, 11) is 0. The van der Waals surface area contributed by atoms with E-state index in [4.69, 9.17) is 5.11 Å². The smallest absolute Gasteiger partial charge is 0.315 e. The average Bonchev–Trinajstić information content (AvgIpc) is 2.36. The predicted molar refractivity (Wildman–Crippen MR) is 78.3 cm³/mol. The van der Waals surface area contributed by atoms with E-state index in [1.807, 2.05) is 24.3 Å². The van der Waals surface area contributed by atoms with Gasteiger partial charge >= 0.3 is 12.0 Å². The number of aliphatic carboxylic acids is 1. The van der Waals surface area contributed by atoms with Crippen LogP contribution in [0.2, 0.25) is 0 Å². The highest BCUT2D eigenvalue weighted by Gasteiger charge is 2.44. The molecule has 108 valence electrons. The van der Waals surface area contributed by atoms with E-state index in [1.54, 1.807) is 0 Å². The fourth-order valence-electron chi connectivity index (χ4n) is 2.20. The van der Waals surface area contributed by atoms with Crippen LogP contribution in [0.3, 0.4) is 0 Å². The van der Waals surface area contributed by atoms with Crippen molar-refractivity contribution < 1.29 is 14.7 Å². The highest BCUT2D eigenvalue weighted by atomic mass is 79.9. The highest BCUT2D eigenvalue weighted by Crippen LogP contribution is 2.40. The number of carboxylic acid groups (broad SMARTS) is 1. The molecule has 0 aliphatic heterocycles. The first-order valence-electron chi connectivity index (χ1n) is 6.52. The maximum Gasteiger partial charge on any atom is 0.315 e. The van der Waals surface area contributed by atoms with Crippen molar-refractivity contribution >= 4 is 27.9 Å². The molecule has 2 rings (SSSR count).